The number of aromatic nitrogens is 4. The maximum Gasteiger partial charge on any atom is 0.125 e. The summed E-state index contributed by atoms with van der Waals surface area (Å²) in [6.45, 7) is 6.00. The molecule has 10 rings (SSSR count). The summed E-state index contributed by atoms with van der Waals surface area (Å²) >= 11 is 7.10. The molecule has 55 heavy (non-hydrogen) atoms. The largest absolute Gasteiger partial charge is 0.355 e. The first-order valence-electron chi connectivity index (χ1n) is 19.6. The van der Waals surface area contributed by atoms with Crippen LogP contribution in [-0.4, -0.2) is 44.5 Å². The molecule has 8 aromatic rings. The van der Waals surface area contributed by atoms with Crippen molar-refractivity contribution in [2.45, 2.75) is 83.1 Å². The van der Waals surface area contributed by atoms with Crippen molar-refractivity contribution >= 4 is 109 Å². The molecule has 2 N–H and O–H groups in total. The van der Waals surface area contributed by atoms with Crippen LogP contribution < -0.4 is 10.6 Å². The zero-order chi connectivity index (χ0) is 37.3. The summed E-state index contributed by atoms with van der Waals surface area (Å²) in [5.41, 5.74) is 10.3. The summed E-state index contributed by atoms with van der Waals surface area (Å²) in [5.74, 6) is 2.04. The van der Waals surface area contributed by atoms with Gasteiger partial charge in [-0.2, -0.15) is 0 Å². The number of likely N-dealkylation sites (N-methyl/N-ethyl adjacent to an activating group) is 1. The van der Waals surface area contributed by atoms with E-state index in [1.54, 1.807) is 22.7 Å². The summed E-state index contributed by atoms with van der Waals surface area (Å²) in [4.78, 5) is 25.9. The van der Waals surface area contributed by atoms with E-state index in [2.05, 4.69) is 117 Å². The molecule has 0 spiro atoms. The lowest BCUT2D eigenvalue weighted by Gasteiger charge is -2.28. The number of thiazole rings is 2. The Morgan fingerprint density at radius 1 is 0.600 bits per heavy atom. The van der Waals surface area contributed by atoms with Gasteiger partial charge in [-0.25, -0.2) is 19.9 Å². The number of nitrogens with one attached hydrogen (secondary N) is 2. The Labute approximate surface area is 338 Å². The summed E-state index contributed by atoms with van der Waals surface area (Å²) in [6.07, 6.45) is 14.5. The number of nitrogens with zero attached hydrogens (tertiary/aromatic N) is 5. The van der Waals surface area contributed by atoms with Crippen molar-refractivity contribution in [1.29, 1.82) is 0 Å². The van der Waals surface area contributed by atoms with Gasteiger partial charge in [0.05, 0.1) is 42.8 Å². The molecule has 282 valence electrons. The van der Waals surface area contributed by atoms with Gasteiger partial charge in [0.1, 0.15) is 9.66 Å². The molecule has 7 nitrogen and oxygen atoms in total. The van der Waals surface area contributed by atoms with E-state index in [9.17, 15) is 0 Å². The first-order chi connectivity index (χ1) is 27.0. The summed E-state index contributed by atoms with van der Waals surface area (Å²) < 4.78 is 2.44. The summed E-state index contributed by atoms with van der Waals surface area (Å²) in [5, 5.41) is 9.66. The zero-order valence-electron chi connectivity index (χ0n) is 31.6. The molecule has 1 saturated heterocycles. The molecule has 4 unspecified atom stereocenters. The molecule has 1 saturated carbocycles. The smallest absolute Gasteiger partial charge is 0.125 e. The molecule has 2 aliphatic rings. The molecule has 6 aromatic heterocycles. The van der Waals surface area contributed by atoms with Crippen molar-refractivity contribution in [1.82, 2.24) is 24.8 Å². The summed E-state index contributed by atoms with van der Waals surface area (Å²) in [6, 6.07) is 22.3. The predicted molar refractivity (Wildman–Crippen MR) is 239 cm³/mol. The zero-order valence-corrected chi connectivity index (χ0v) is 34.9. The third kappa shape index (κ3) is 7.87. The molecule has 0 bridgehead atoms. The van der Waals surface area contributed by atoms with E-state index in [0.717, 1.165) is 49.4 Å². The van der Waals surface area contributed by atoms with Crippen LogP contribution in [0, 0.1) is 5.92 Å². The van der Waals surface area contributed by atoms with Gasteiger partial charge >= 0.3 is 0 Å². The minimum Gasteiger partial charge on any atom is -0.355 e. The lowest BCUT2D eigenvalue weighted by Crippen LogP contribution is -2.32. The van der Waals surface area contributed by atoms with Crippen LogP contribution in [0.3, 0.4) is 0 Å². The molecular weight excluding hydrogens is 755 g/mol. The quantitative estimate of drug-likeness (QED) is 0.162. The van der Waals surface area contributed by atoms with E-state index < -0.39 is 0 Å². The van der Waals surface area contributed by atoms with Gasteiger partial charge in [0.15, 0.2) is 0 Å². The van der Waals surface area contributed by atoms with Gasteiger partial charge < -0.3 is 15.5 Å². The second kappa shape index (κ2) is 16.2. The monoisotopic (exact) mass is 801 g/mol. The number of likely N-dealkylation sites (tertiary alicyclic amines) is 1. The number of rotatable bonds is 6. The molecule has 2 fully saturated rings. The van der Waals surface area contributed by atoms with Crippen LogP contribution in [-0.2, 0) is 0 Å². The second-order valence-corrected chi connectivity index (χ2v) is 19.2. The van der Waals surface area contributed by atoms with Crippen molar-refractivity contribution in [3.05, 3.63) is 93.8 Å². The van der Waals surface area contributed by atoms with Gasteiger partial charge in [0, 0.05) is 56.3 Å². The molecule has 0 amide bonds. The Balaban J connectivity index is 0.000000144. The van der Waals surface area contributed by atoms with Crippen LogP contribution >= 0.6 is 45.3 Å². The van der Waals surface area contributed by atoms with Crippen LogP contribution in [0.15, 0.2) is 84.1 Å². The topological polar surface area (TPSA) is 78.9 Å². The highest BCUT2D eigenvalue weighted by molar-refractivity contribution is 7.19. The van der Waals surface area contributed by atoms with Crippen molar-refractivity contribution in [3.63, 3.8) is 0 Å². The Bertz CT molecular complexity index is 2550. The average molecular weight is 802 g/mol. The minimum atomic E-state index is 0.569. The Hall–Kier alpha value is -4.00. The van der Waals surface area contributed by atoms with Crippen molar-refractivity contribution in [2.24, 2.45) is 5.92 Å². The van der Waals surface area contributed by atoms with Crippen LogP contribution in [0.1, 0.15) is 86.8 Å². The highest BCUT2D eigenvalue weighted by Gasteiger charge is 2.27. The molecule has 7 heterocycles. The van der Waals surface area contributed by atoms with E-state index in [-0.39, 0.29) is 0 Å². The first-order valence-corrected chi connectivity index (χ1v) is 23.0. The Kier molecular flexibility index (Phi) is 10.8. The molecular formula is C44H47N7S4. The van der Waals surface area contributed by atoms with Crippen molar-refractivity contribution in [3.8, 4) is 0 Å². The second-order valence-electron chi connectivity index (χ2n) is 15.3. The van der Waals surface area contributed by atoms with Crippen molar-refractivity contribution in [2.75, 3.05) is 24.2 Å². The van der Waals surface area contributed by atoms with Crippen LogP contribution in [0.5, 0.6) is 0 Å². The number of pyridine rings is 2. The lowest BCUT2D eigenvalue weighted by molar-refractivity contribution is 0.244. The highest BCUT2D eigenvalue weighted by Crippen LogP contribution is 2.43. The fourth-order valence-electron chi connectivity index (χ4n) is 8.46. The number of hydrogen-bond acceptors (Lipinski definition) is 11. The van der Waals surface area contributed by atoms with E-state index in [1.807, 2.05) is 46.1 Å². The van der Waals surface area contributed by atoms with Gasteiger partial charge in [-0.15, -0.1) is 45.3 Å². The fourth-order valence-corrected chi connectivity index (χ4v) is 12.3. The third-order valence-electron chi connectivity index (χ3n) is 11.8. The number of thiophene rings is 2. The predicted octanol–water partition coefficient (Wildman–Crippen LogP) is 13.6. The minimum absolute atomic E-state index is 0.569. The number of fused-ring (bicyclic) bond motifs is 4. The van der Waals surface area contributed by atoms with Crippen LogP contribution in [0.2, 0.25) is 0 Å². The van der Waals surface area contributed by atoms with E-state index in [4.69, 9.17) is 0 Å². The molecule has 1 aliphatic heterocycles. The number of benzene rings is 2. The van der Waals surface area contributed by atoms with Crippen molar-refractivity contribution < 1.29 is 0 Å². The molecule has 0 radical (unpaired) electrons. The SMILES string of the molecule is CC1C(c2cc3c(Nc4ccc5scnc5c4)ccnc3s2)CCCCN1C.CC1CCCCCC1c1cc2c(Nc3ccc4scnc4c3)ccnc2s1. The van der Waals surface area contributed by atoms with Crippen LogP contribution in [0.25, 0.3) is 40.9 Å². The fraction of sp³-hybridized carbons (Fsp3) is 0.364. The molecule has 4 atom stereocenters. The van der Waals surface area contributed by atoms with E-state index in [0.29, 0.717) is 17.9 Å². The average Bonchev–Trinajstić information content (AvgIpc) is 3.99. The third-order valence-corrected chi connectivity index (χ3v) is 15.7. The number of anilines is 4. The van der Waals surface area contributed by atoms with Gasteiger partial charge in [0.2, 0.25) is 0 Å². The van der Waals surface area contributed by atoms with E-state index in [1.165, 1.54) is 87.8 Å². The molecule has 2 aromatic carbocycles. The van der Waals surface area contributed by atoms with Gasteiger partial charge in [-0.1, -0.05) is 39.0 Å². The maximum absolute atomic E-state index is 4.66. The Morgan fingerprint density at radius 3 is 1.76 bits per heavy atom. The standard InChI is InChI=1S/C22H24N4S2.C22H23N3S2/c1-14-16(5-3-4-10-26(14)2)21-12-17-18(8-9-23-22(17)28-21)25-15-6-7-20-19(11-15)24-13-27-20;1-14-5-3-2-4-6-16(14)21-12-17-18(9-10-23-22(17)27-21)25-15-7-8-20-19(11-15)24-13-26-20/h6-9,11-14,16H,3-5,10H2,1-2H3,(H,23,25);7-14,16H,2-6H2,1H3,(H,23,25). The number of hydrogen-bond donors (Lipinski definition) is 2. The van der Waals surface area contributed by atoms with E-state index >= 15 is 0 Å². The van der Waals surface area contributed by atoms with Crippen LogP contribution in [0.4, 0.5) is 22.7 Å². The maximum atomic E-state index is 4.66. The lowest BCUT2D eigenvalue weighted by atomic mass is 9.88. The molecule has 1 aliphatic carbocycles. The highest BCUT2D eigenvalue weighted by atomic mass is 32.1. The summed E-state index contributed by atoms with van der Waals surface area (Å²) in [7, 11) is 2.26. The van der Waals surface area contributed by atoms with Gasteiger partial charge in [-0.05, 0) is 112 Å². The normalized spacial score (nSPS) is 21.0. The Morgan fingerprint density at radius 2 is 1.15 bits per heavy atom. The van der Waals surface area contributed by atoms with Gasteiger partial charge in [-0.3, -0.25) is 0 Å². The first kappa shape index (κ1) is 36.6. The van der Waals surface area contributed by atoms with Gasteiger partial charge in [0.25, 0.3) is 0 Å². The molecule has 11 heteroatoms.